The zero-order valence-corrected chi connectivity index (χ0v) is 7.67. The van der Waals surface area contributed by atoms with Gasteiger partial charge in [-0.3, -0.25) is 4.84 Å². The monoisotopic (exact) mass is 195 g/mol. The summed E-state index contributed by atoms with van der Waals surface area (Å²) in [6.07, 6.45) is 0. The minimum absolute atomic E-state index is 0.268. The van der Waals surface area contributed by atoms with Crippen molar-refractivity contribution in [3.8, 4) is 5.75 Å². The van der Waals surface area contributed by atoms with Crippen molar-refractivity contribution in [1.82, 2.24) is 0 Å². The van der Waals surface area contributed by atoms with Gasteiger partial charge in [0.15, 0.2) is 0 Å². The number of phenolic OH excluding ortho intramolecular Hbond substituents is 1. The first-order valence-electron chi connectivity index (χ1n) is 3.82. The molecule has 0 aliphatic heterocycles. The second-order valence-corrected chi connectivity index (χ2v) is 3.66. The summed E-state index contributed by atoms with van der Waals surface area (Å²) in [6.45, 7) is 0.378. The smallest absolute Gasteiger partial charge is 0.116 e. The topological polar surface area (TPSA) is 55.5 Å². The van der Waals surface area contributed by atoms with Crippen molar-refractivity contribution in [3.63, 3.8) is 0 Å². The van der Waals surface area contributed by atoms with E-state index in [1.807, 2.05) is 11.4 Å². The van der Waals surface area contributed by atoms with Crippen molar-refractivity contribution < 1.29 is 9.94 Å². The fourth-order valence-electron chi connectivity index (χ4n) is 1.27. The van der Waals surface area contributed by atoms with E-state index >= 15 is 0 Å². The van der Waals surface area contributed by atoms with Crippen molar-refractivity contribution in [3.05, 3.63) is 29.1 Å². The van der Waals surface area contributed by atoms with Crippen LogP contribution in [-0.2, 0) is 11.4 Å². The van der Waals surface area contributed by atoms with Crippen LogP contribution in [0.4, 0.5) is 0 Å². The van der Waals surface area contributed by atoms with E-state index in [-0.39, 0.29) is 5.75 Å². The van der Waals surface area contributed by atoms with Crippen LogP contribution in [0.2, 0.25) is 0 Å². The normalized spacial score (nSPS) is 10.8. The molecule has 0 aliphatic rings. The Morgan fingerprint density at radius 3 is 3.08 bits per heavy atom. The fourth-order valence-corrected chi connectivity index (χ4v) is 2.20. The number of hydrogen-bond donors (Lipinski definition) is 2. The lowest BCUT2D eigenvalue weighted by Gasteiger charge is -1.96. The van der Waals surface area contributed by atoms with Gasteiger partial charge in [0.1, 0.15) is 5.75 Å². The highest BCUT2D eigenvalue weighted by Gasteiger charge is 2.03. The van der Waals surface area contributed by atoms with E-state index in [9.17, 15) is 5.11 Å². The van der Waals surface area contributed by atoms with Gasteiger partial charge in [0.25, 0.3) is 0 Å². The van der Waals surface area contributed by atoms with Gasteiger partial charge in [0.05, 0.1) is 6.61 Å². The largest absolute Gasteiger partial charge is 0.508 e. The predicted molar refractivity (Wildman–Crippen MR) is 52.5 cm³/mol. The van der Waals surface area contributed by atoms with Gasteiger partial charge >= 0.3 is 0 Å². The summed E-state index contributed by atoms with van der Waals surface area (Å²) in [5.41, 5.74) is 1.01. The highest BCUT2D eigenvalue weighted by molar-refractivity contribution is 7.17. The number of thiophene rings is 1. The number of nitrogens with two attached hydrogens (primary N) is 1. The van der Waals surface area contributed by atoms with Gasteiger partial charge in [-0.25, -0.2) is 5.90 Å². The molecule has 0 bridgehead atoms. The van der Waals surface area contributed by atoms with Crippen LogP contribution in [0.3, 0.4) is 0 Å². The molecule has 0 saturated carbocycles. The third-order valence-electron chi connectivity index (χ3n) is 1.88. The van der Waals surface area contributed by atoms with Crippen LogP contribution in [0.1, 0.15) is 5.56 Å². The Morgan fingerprint density at radius 1 is 1.46 bits per heavy atom. The van der Waals surface area contributed by atoms with E-state index in [1.54, 1.807) is 23.5 Å². The maximum Gasteiger partial charge on any atom is 0.116 e. The Balaban J connectivity index is 2.58. The third-order valence-corrected chi connectivity index (χ3v) is 2.89. The summed E-state index contributed by atoms with van der Waals surface area (Å²) in [5.74, 6) is 5.26. The molecule has 3 N–H and O–H groups in total. The van der Waals surface area contributed by atoms with E-state index in [2.05, 4.69) is 4.84 Å². The predicted octanol–water partition coefficient (Wildman–Crippen LogP) is 2.00. The van der Waals surface area contributed by atoms with Crippen molar-refractivity contribution in [2.24, 2.45) is 5.90 Å². The van der Waals surface area contributed by atoms with Gasteiger partial charge in [0.2, 0.25) is 0 Å². The average Bonchev–Trinajstić information content (AvgIpc) is 2.49. The molecule has 68 valence electrons. The second-order valence-electron chi connectivity index (χ2n) is 2.75. The van der Waals surface area contributed by atoms with E-state index < -0.39 is 0 Å². The summed E-state index contributed by atoms with van der Waals surface area (Å²) in [6, 6.07) is 5.28. The van der Waals surface area contributed by atoms with Crippen molar-refractivity contribution in [2.75, 3.05) is 0 Å². The van der Waals surface area contributed by atoms with E-state index in [0.29, 0.717) is 6.61 Å². The fraction of sp³-hybridized carbons (Fsp3) is 0.111. The number of aromatic hydroxyl groups is 1. The zero-order valence-electron chi connectivity index (χ0n) is 6.86. The number of fused-ring (bicyclic) bond motifs is 1. The molecule has 3 nitrogen and oxygen atoms in total. The second kappa shape index (κ2) is 3.33. The Kier molecular flexibility index (Phi) is 2.18. The molecular weight excluding hydrogens is 186 g/mol. The average molecular weight is 195 g/mol. The highest BCUT2D eigenvalue weighted by atomic mass is 32.1. The summed E-state index contributed by atoms with van der Waals surface area (Å²) in [4.78, 5) is 4.56. The Morgan fingerprint density at radius 2 is 2.31 bits per heavy atom. The molecule has 2 aromatic rings. The molecule has 2 rings (SSSR count). The van der Waals surface area contributed by atoms with Gasteiger partial charge in [0, 0.05) is 10.1 Å². The Hall–Kier alpha value is -1.10. The first-order chi connectivity index (χ1) is 6.31. The molecule has 0 spiro atoms. The van der Waals surface area contributed by atoms with Crippen molar-refractivity contribution in [1.29, 1.82) is 0 Å². The highest BCUT2D eigenvalue weighted by Crippen LogP contribution is 2.29. The molecule has 1 heterocycles. The maximum absolute atomic E-state index is 9.27. The molecule has 1 aromatic heterocycles. The Labute approximate surface area is 79.3 Å². The van der Waals surface area contributed by atoms with Crippen LogP contribution in [-0.4, -0.2) is 5.11 Å². The number of hydrogen-bond acceptors (Lipinski definition) is 4. The quantitative estimate of drug-likeness (QED) is 0.720. The van der Waals surface area contributed by atoms with Crippen LogP contribution in [0.15, 0.2) is 23.6 Å². The first-order valence-corrected chi connectivity index (χ1v) is 4.70. The van der Waals surface area contributed by atoms with Crippen LogP contribution < -0.4 is 5.90 Å². The minimum Gasteiger partial charge on any atom is -0.508 e. The molecule has 0 amide bonds. The summed E-state index contributed by atoms with van der Waals surface area (Å²) >= 11 is 1.62. The number of benzene rings is 1. The van der Waals surface area contributed by atoms with Crippen LogP contribution >= 0.6 is 11.3 Å². The molecule has 0 aliphatic carbocycles. The van der Waals surface area contributed by atoms with Crippen LogP contribution in [0, 0.1) is 0 Å². The van der Waals surface area contributed by atoms with Gasteiger partial charge in [-0.2, -0.15) is 0 Å². The SMILES string of the molecule is NOCc1csc2ccc(O)cc12. The lowest BCUT2D eigenvalue weighted by atomic mass is 10.2. The molecule has 0 fully saturated rings. The molecule has 0 unspecified atom stereocenters. The number of phenols is 1. The molecule has 0 radical (unpaired) electrons. The third kappa shape index (κ3) is 1.51. The van der Waals surface area contributed by atoms with Gasteiger partial charge in [-0.05, 0) is 29.1 Å². The van der Waals surface area contributed by atoms with Gasteiger partial charge < -0.3 is 5.11 Å². The molecule has 13 heavy (non-hydrogen) atoms. The van der Waals surface area contributed by atoms with Crippen LogP contribution in [0.5, 0.6) is 5.75 Å². The standard InChI is InChI=1S/C9H9NO2S/c10-12-4-6-5-13-9-2-1-7(11)3-8(6)9/h1-3,5,11H,4,10H2. The van der Waals surface area contributed by atoms with Crippen molar-refractivity contribution in [2.45, 2.75) is 6.61 Å². The number of rotatable bonds is 2. The van der Waals surface area contributed by atoms with Crippen molar-refractivity contribution >= 4 is 21.4 Å². The van der Waals surface area contributed by atoms with E-state index in [0.717, 1.165) is 15.6 Å². The van der Waals surface area contributed by atoms with Crippen LogP contribution in [0.25, 0.3) is 10.1 Å². The molecule has 1 aromatic carbocycles. The van der Waals surface area contributed by atoms with E-state index in [1.165, 1.54) is 0 Å². The van der Waals surface area contributed by atoms with Gasteiger partial charge in [-0.1, -0.05) is 0 Å². The molecule has 4 heteroatoms. The molecule has 0 saturated heterocycles. The molecular formula is C9H9NO2S. The minimum atomic E-state index is 0.268. The van der Waals surface area contributed by atoms with Gasteiger partial charge in [-0.15, -0.1) is 11.3 Å². The lowest BCUT2D eigenvalue weighted by Crippen LogP contribution is -1.97. The van der Waals surface area contributed by atoms with E-state index in [4.69, 9.17) is 5.90 Å². The first kappa shape index (κ1) is 8.50. The lowest BCUT2D eigenvalue weighted by molar-refractivity contribution is 0.125. The maximum atomic E-state index is 9.27. The summed E-state index contributed by atoms with van der Waals surface area (Å²) in [5, 5.41) is 12.3. The summed E-state index contributed by atoms with van der Waals surface area (Å²) < 4.78 is 1.13. The summed E-state index contributed by atoms with van der Waals surface area (Å²) in [7, 11) is 0. The Bertz CT molecular complexity index is 424. The molecule has 0 atom stereocenters. The zero-order chi connectivity index (χ0) is 9.26.